The molecule has 3 aromatic rings. The zero-order valence-electron chi connectivity index (χ0n) is 23.9. The molecular weight excluding hydrogens is 507 g/mol. The minimum absolute atomic E-state index is 0.186. The molecule has 1 aliphatic heterocycles. The summed E-state index contributed by atoms with van der Waals surface area (Å²) in [5.74, 6) is 1.44. The highest BCUT2D eigenvalue weighted by Gasteiger charge is 2.26. The van der Waals surface area contributed by atoms with Gasteiger partial charge in [0.1, 0.15) is 18.1 Å². The summed E-state index contributed by atoms with van der Waals surface area (Å²) < 4.78 is 31.9. The second-order valence-corrected chi connectivity index (χ2v) is 11.1. The standard InChI is InChI=1S/C33H41FN2O4/c1-23(2)36(22-24-4-11-33(31(34)18-24)40-17-14-35-12-15-39-16-13-35)32-21-29(38-3)9-10-30(32)27-6-5-26-20-28(37)8-7-25(26)19-27/h4,7-11,18,20-21,23,27,37H,5-6,12-17,19,22H2,1-3H3. The molecule has 1 fully saturated rings. The lowest BCUT2D eigenvalue weighted by atomic mass is 9.79. The van der Waals surface area contributed by atoms with E-state index in [0.29, 0.717) is 30.6 Å². The lowest BCUT2D eigenvalue weighted by Gasteiger charge is -2.35. The highest BCUT2D eigenvalue weighted by molar-refractivity contribution is 5.60. The number of rotatable bonds is 10. The van der Waals surface area contributed by atoms with E-state index in [4.69, 9.17) is 14.2 Å². The maximum Gasteiger partial charge on any atom is 0.165 e. The van der Waals surface area contributed by atoms with Crippen molar-refractivity contribution in [1.29, 1.82) is 0 Å². The number of aryl methyl sites for hydroxylation is 1. The molecule has 1 unspecified atom stereocenters. The molecule has 1 saturated heterocycles. The fourth-order valence-corrected chi connectivity index (χ4v) is 5.86. The van der Waals surface area contributed by atoms with Crippen molar-refractivity contribution in [2.45, 2.75) is 51.6 Å². The third kappa shape index (κ3) is 6.70. The van der Waals surface area contributed by atoms with Crippen LogP contribution in [0, 0.1) is 5.82 Å². The molecule has 0 saturated carbocycles. The van der Waals surface area contributed by atoms with Crippen LogP contribution >= 0.6 is 0 Å². The quantitative estimate of drug-likeness (QED) is 0.339. The zero-order chi connectivity index (χ0) is 28.1. The van der Waals surface area contributed by atoms with Crippen molar-refractivity contribution < 1.29 is 23.7 Å². The van der Waals surface area contributed by atoms with Crippen LogP contribution in [-0.2, 0) is 24.1 Å². The number of aromatic hydroxyl groups is 1. The Balaban J connectivity index is 1.33. The van der Waals surface area contributed by atoms with Crippen molar-refractivity contribution in [1.82, 2.24) is 4.90 Å². The molecule has 0 amide bonds. The van der Waals surface area contributed by atoms with Crippen molar-refractivity contribution in [2.24, 2.45) is 0 Å². The van der Waals surface area contributed by atoms with E-state index in [0.717, 1.165) is 69.1 Å². The van der Waals surface area contributed by atoms with Gasteiger partial charge in [0.15, 0.2) is 11.6 Å². The van der Waals surface area contributed by atoms with Gasteiger partial charge in [0.2, 0.25) is 0 Å². The van der Waals surface area contributed by atoms with Crippen LogP contribution in [0.1, 0.15) is 48.4 Å². The average Bonchev–Trinajstić information content (AvgIpc) is 2.97. The number of fused-ring (bicyclic) bond motifs is 1. The largest absolute Gasteiger partial charge is 0.508 e. The van der Waals surface area contributed by atoms with E-state index in [-0.39, 0.29) is 11.9 Å². The molecule has 1 atom stereocenters. The third-order valence-corrected chi connectivity index (χ3v) is 8.15. The number of methoxy groups -OCH3 is 1. The highest BCUT2D eigenvalue weighted by atomic mass is 19.1. The van der Waals surface area contributed by atoms with E-state index < -0.39 is 0 Å². The van der Waals surface area contributed by atoms with Gasteiger partial charge in [-0.1, -0.05) is 18.2 Å². The fraction of sp³-hybridized carbons (Fsp3) is 0.455. The average molecular weight is 549 g/mol. The number of ether oxygens (including phenoxy) is 3. The molecule has 1 heterocycles. The Labute approximate surface area is 237 Å². The van der Waals surface area contributed by atoms with Gasteiger partial charge in [-0.15, -0.1) is 0 Å². The maximum atomic E-state index is 15.1. The van der Waals surface area contributed by atoms with Crippen LogP contribution in [0.4, 0.5) is 10.1 Å². The predicted octanol–water partition coefficient (Wildman–Crippen LogP) is 5.94. The number of anilines is 1. The van der Waals surface area contributed by atoms with Gasteiger partial charge >= 0.3 is 0 Å². The molecule has 0 aromatic heterocycles. The molecule has 0 bridgehead atoms. The van der Waals surface area contributed by atoms with Crippen molar-refractivity contribution in [3.05, 3.63) is 82.7 Å². The highest BCUT2D eigenvalue weighted by Crippen LogP contribution is 2.40. The second kappa shape index (κ2) is 12.9. The number of nitrogens with zero attached hydrogens (tertiary/aromatic N) is 2. The third-order valence-electron chi connectivity index (χ3n) is 8.15. The summed E-state index contributed by atoms with van der Waals surface area (Å²) in [7, 11) is 1.69. The monoisotopic (exact) mass is 548 g/mol. The zero-order valence-corrected chi connectivity index (χ0v) is 23.9. The number of hydrogen-bond donors (Lipinski definition) is 1. The Hall–Kier alpha value is -3.29. The Morgan fingerprint density at radius 2 is 1.88 bits per heavy atom. The molecule has 3 aromatic carbocycles. The predicted molar refractivity (Wildman–Crippen MR) is 156 cm³/mol. The molecule has 0 spiro atoms. The molecule has 2 aliphatic rings. The Morgan fingerprint density at radius 1 is 1.05 bits per heavy atom. The van der Waals surface area contributed by atoms with E-state index in [1.54, 1.807) is 25.3 Å². The first-order chi connectivity index (χ1) is 19.4. The number of halogens is 1. The van der Waals surface area contributed by atoms with Crippen LogP contribution in [-0.4, -0.2) is 62.6 Å². The van der Waals surface area contributed by atoms with Gasteiger partial charge in [-0.25, -0.2) is 4.39 Å². The second-order valence-electron chi connectivity index (χ2n) is 11.1. The van der Waals surface area contributed by atoms with Crippen molar-refractivity contribution >= 4 is 5.69 Å². The molecule has 7 heteroatoms. The van der Waals surface area contributed by atoms with Gasteiger partial charge in [0, 0.05) is 44.0 Å². The Morgan fingerprint density at radius 3 is 2.62 bits per heavy atom. The number of morpholine rings is 1. The summed E-state index contributed by atoms with van der Waals surface area (Å²) >= 11 is 0. The fourth-order valence-electron chi connectivity index (χ4n) is 5.86. The molecule has 40 heavy (non-hydrogen) atoms. The topological polar surface area (TPSA) is 54.4 Å². The van der Waals surface area contributed by atoms with Crippen LogP contribution in [0.15, 0.2) is 54.6 Å². The van der Waals surface area contributed by atoms with Crippen LogP contribution in [0.25, 0.3) is 0 Å². The smallest absolute Gasteiger partial charge is 0.165 e. The molecule has 0 radical (unpaired) electrons. The van der Waals surface area contributed by atoms with Gasteiger partial charge in [0.25, 0.3) is 0 Å². The van der Waals surface area contributed by atoms with E-state index >= 15 is 4.39 Å². The summed E-state index contributed by atoms with van der Waals surface area (Å²) in [6.07, 6.45) is 2.86. The molecule has 5 rings (SSSR count). The van der Waals surface area contributed by atoms with Gasteiger partial charge in [-0.05, 0) is 91.6 Å². The first kappa shape index (κ1) is 28.2. The summed E-state index contributed by atoms with van der Waals surface area (Å²) in [5.41, 5.74) is 5.81. The van der Waals surface area contributed by atoms with Crippen molar-refractivity contribution in [3.63, 3.8) is 0 Å². The van der Waals surface area contributed by atoms with E-state index in [1.807, 2.05) is 24.3 Å². The molecular formula is C33H41FN2O4. The van der Waals surface area contributed by atoms with Crippen molar-refractivity contribution in [3.8, 4) is 17.2 Å². The van der Waals surface area contributed by atoms with E-state index in [1.165, 1.54) is 16.7 Å². The van der Waals surface area contributed by atoms with E-state index in [2.05, 4.69) is 35.8 Å². The van der Waals surface area contributed by atoms with E-state index in [9.17, 15) is 5.11 Å². The molecule has 6 nitrogen and oxygen atoms in total. The maximum absolute atomic E-state index is 15.1. The lowest BCUT2D eigenvalue weighted by Crippen LogP contribution is -2.38. The molecule has 1 N–H and O–H groups in total. The Bertz CT molecular complexity index is 1290. The first-order valence-electron chi connectivity index (χ1n) is 14.4. The summed E-state index contributed by atoms with van der Waals surface area (Å²) in [5, 5.41) is 9.92. The minimum Gasteiger partial charge on any atom is -0.508 e. The van der Waals surface area contributed by atoms with Gasteiger partial charge < -0.3 is 24.2 Å². The molecule has 1 aliphatic carbocycles. The van der Waals surface area contributed by atoms with Gasteiger partial charge in [-0.3, -0.25) is 4.90 Å². The van der Waals surface area contributed by atoms with Crippen LogP contribution in [0.3, 0.4) is 0 Å². The number of benzene rings is 3. The summed E-state index contributed by atoms with van der Waals surface area (Å²) in [6.45, 7) is 9.37. The number of hydrogen-bond acceptors (Lipinski definition) is 6. The van der Waals surface area contributed by atoms with Crippen LogP contribution < -0.4 is 14.4 Å². The number of phenols is 1. The summed E-state index contributed by atoms with van der Waals surface area (Å²) in [4.78, 5) is 4.61. The Kier molecular flexibility index (Phi) is 9.12. The SMILES string of the molecule is COc1ccc(C2CCc3cc(O)ccc3C2)c(N(Cc2ccc(OCCN3CCOCC3)c(F)c2)C(C)C)c1. The van der Waals surface area contributed by atoms with Crippen LogP contribution in [0.5, 0.6) is 17.2 Å². The first-order valence-corrected chi connectivity index (χ1v) is 14.4. The van der Waals surface area contributed by atoms with Crippen molar-refractivity contribution in [2.75, 3.05) is 51.5 Å². The van der Waals surface area contributed by atoms with Gasteiger partial charge in [0.05, 0.1) is 20.3 Å². The normalized spacial score (nSPS) is 17.5. The van der Waals surface area contributed by atoms with Gasteiger partial charge in [-0.2, -0.15) is 0 Å². The molecule has 214 valence electrons. The number of phenolic OH excluding ortho intramolecular Hbond substituents is 1. The van der Waals surface area contributed by atoms with Crippen LogP contribution in [0.2, 0.25) is 0 Å². The lowest BCUT2D eigenvalue weighted by molar-refractivity contribution is 0.0320. The minimum atomic E-state index is -0.332. The summed E-state index contributed by atoms with van der Waals surface area (Å²) in [6, 6.07) is 17.6.